The summed E-state index contributed by atoms with van der Waals surface area (Å²) in [5.74, 6) is -3.41. The average molecular weight is 508 g/mol. The minimum absolute atomic E-state index is 0.000250. The Balaban J connectivity index is 1.71. The van der Waals surface area contributed by atoms with Gasteiger partial charge >= 0.3 is 0 Å². The van der Waals surface area contributed by atoms with Gasteiger partial charge in [0.1, 0.15) is 11.9 Å². The van der Waals surface area contributed by atoms with Gasteiger partial charge in [0.2, 0.25) is 17.7 Å². The Morgan fingerprint density at radius 2 is 1.97 bits per heavy atom. The van der Waals surface area contributed by atoms with E-state index in [1.165, 1.54) is 18.2 Å². The molecule has 3 unspecified atom stereocenters. The molecule has 12 heteroatoms. The second kappa shape index (κ2) is 11.8. The summed E-state index contributed by atoms with van der Waals surface area (Å²) in [6.45, 7) is 0.452. The number of nitrogens with one attached hydrogen (secondary N) is 3. The number of carbonyl (C=O) groups excluding carboxylic acids is 4. The molecule has 10 nitrogen and oxygen atoms in total. The average Bonchev–Trinajstić information content (AvgIpc) is 3.52. The first kappa shape index (κ1) is 26.1. The van der Waals surface area contributed by atoms with Crippen LogP contribution in [0.2, 0.25) is 5.02 Å². The van der Waals surface area contributed by atoms with Gasteiger partial charge in [-0.25, -0.2) is 4.39 Å². The lowest BCUT2D eigenvalue weighted by molar-refractivity contribution is -0.128. The summed E-state index contributed by atoms with van der Waals surface area (Å²) in [6.07, 6.45) is 5.00. The fraction of sp³-hybridized carbons (Fsp3) is 0.435. The number of primary amides is 1. The van der Waals surface area contributed by atoms with Crippen molar-refractivity contribution < 1.29 is 28.8 Å². The number of nitrogens with zero attached hydrogens (tertiary/aromatic N) is 1. The van der Waals surface area contributed by atoms with Gasteiger partial charge in [0.25, 0.3) is 5.91 Å². The predicted octanol–water partition coefficient (Wildman–Crippen LogP) is 1.10. The summed E-state index contributed by atoms with van der Waals surface area (Å²) in [5.41, 5.74) is 4.95. The predicted molar refractivity (Wildman–Crippen MR) is 126 cm³/mol. The number of nitrogens with two attached hydrogens (primary N) is 1. The van der Waals surface area contributed by atoms with Crippen molar-refractivity contribution in [3.05, 3.63) is 40.7 Å². The number of hydrogen-bond acceptors (Lipinski definition) is 6. The SMILES string of the molecule is NC(=O)C(=NO)C(CC1CCNC1=O)NC(=O)C(CC1CC1)NC(=O)/C=C/c1ccc(Cl)cc1F. The van der Waals surface area contributed by atoms with Crippen molar-refractivity contribution in [1.82, 2.24) is 16.0 Å². The lowest BCUT2D eigenvalue weighted by atomic mass is 9.94. The zero-order valence-electron chi connectivity index (χ0n) is 18.8. The molecule has 1 aromatic rings. The molecule has 1 aliphatic heterocycles. The molecule has 35 heavy (non-hydrogen) atoms. The van der Waals surface area contributed by atoms with Crippen molar-refractivity contribution in [2.24, 2.45) is 22.7 Å². The van der Waals surface area contributed by atoms with Crippen molar-refractivity contribution in [2.75, 3.05) is 6.54 Å². The Morgan fingerprint density at radius 1 is 1.23 bits per heavy atom. The van der Waals surface area contributed by atoms with E-state index >= 15 is 0 Å². The highest BCUT2D eigenvalue weighted by atomic mass is 35.5. The number of oxime groups is 1. The molecule has 0 spiro atoms. The Morgan fingerprint density at radius 3 is 2.54 bits per heavy atom. The van der Waals surface area contributed by atoms with Crippen LogP contribution in [0.15, 0.2) is 29.4 Å². The van der Waals surface area contributed by atoms with E-state index in [-0.39, 0.29) is 28.8 Å². The summed E-state index contributed by atoms with van der Waals surface area (Å²) in [6, 6.07) is 1.92. The summed E-state index contributed by atoms with van der Waals surface area (Å²) >= 11 is 5.73. The second-order valence-electron chi connectivity index (χ2n) is 8.66. The molecule has 2 aliphatic rings. The van der Waals surface area contributed by atoms with Crippen LogP contribution >= 0.6 is 11.6 Å². The van der Waals surface area contributed by atoms with Crippen molar-refractivity contribution in [2.45, 2.75) is 44.2 Å². The molecular formula is C23H27ClFN5O5. The Hall–Kier alpha value is -3.47. The second-order valence-corrected chi connectivity index (χ2v) is 9.10. The molecule has 4 amide bonds. The number of carbonyl (C=O) groups is 4. The molecule has 0 aromatic heterocycles. The van der Waals surface area contributed by atoms with E-state index in [2.05, 4.69) is 21.1 Å². The molecule has 1 aromatic carbocycles. The molecule has 188 valence electrons. The van der Waals surface area contributed by atoms with E-state index in [1.54, 1.807) is 0 Å². The normalized spacial score (nSPS) is 19.8. The number of hydrogen-bond donors (Lipinski definition) is 5. The lowest BCUT2D eigenvalue weighted by Gasteiger charge is -2.24. The maximum absolute atomic E-state index is 14.0. The molecule has 1 heterocycles. The third-order valence-corrected chi connectivity index (χ3v) is 6.20. The lowest BCUT2D eigenvalue weighted by Crippen LogP contribution is -2.54. The summed E-state index contributed by atoms with van der Waals surface area (Å²) in [5, 5.41) is 20.3. The first-order valence-electron chi connectivity index (χ1n) is 11.2. The van der Waals surface area contributed by atoms with Crippen LogP contribution in [0.1, 0.15) is 37.7 Å². The van der Waals surface area contributed by atoms with Crippen molar-refractivity contribution >= 4 is 47.0 Å². The molecule has 1 aliphatic carbocycles. The first-order chi connectivity index (χ1) is 16.7. The standard InChI is InChI=1S/C23H27ClFN5O5/c24-15-5-3-13(16(25)11-15)4-6-19(31)28-18(9-12-1-2-12)23(34)29-17(20(30-35)21(26)32)10-14-7-8-27-22(14)33/h3-6,11-12,14,17-18,35H,1-2,7-10H2,(H2,26,32)(H,27,33)(H,28,31)(H,29,34)/b6-4+,30-20?. The third-order valence-electron chi connectivity index (χ3n) is 5.97. The van der Waals surface area contributed by atoms with Gasteiger partial charge in [-0.05, 0) is 43.4 Å². The minimum Gasteiger partial charge on any atom is -0.410 e. The van der Waals surface area contributed by atoms with Crippen molar-refractivity contribution in [3.8, 4) is 0 Å². The van der Waals surface area contributed by atoms with Crippen LogP contribution < -0.4 is 21.7 Å². The van der Waals surface area contributed by atoms with Crippen molar-refractivity contribution in [3.63, 3.8) is 0 Å². The highest BCUT2D eigenvalue weighted by Crippen LogP contribution is 2.33. The van der Waals surface area contributed by atoms with Crippen LogP contribution in [-0.4, -0.2) is 53.2 Å². The fourth-order valence-electron chi connectivity index (χ4n) is 3.90. The molecule has 0 bridgehead atoms. The van der Waals surface area contributed by atoms with E-state index in [1.807, 2.05) is 0 Å². The van der Waals surface area contributed by atoms with Gasteiger partial charge in [-0.1, -0.05) is 35.7 Å². The molecule has 6 N–H and O–H groups in total. The molecule has 1 saturated carbocycles. The minimum atomic E-state index is -1.13. The van der Waals surface area contributed by atoms with Crippen LogP contribution in [-0.2, 0) is 19.2 Å². The number of amides is 4. The van der Waals surface area contributed by atoms with Gasteiger partial charge in [-0.2, -0.15) is 0 Å². The van der Waals surface area contributed by atoms with Gasteiger partial charge in [0.15, 0.2) is 5.71 Å². The number of halogens is 2. The maximum Gasteiger partial charge on any atom is 0.268 e. The van der Waals surface area contributed by atoms with Gasteiger partial charge in [-0.3, -0.25) is 19.2 Å². The third kappa shape index (κ3) is 7.51. The smallest absolute Gasteiger partial charge is 0.268 e. The fourth-order valence-corrected chi connectivity index (χ4v) is 4.06. The Kier molecular flexibility index (Phi) is 8.80. The monoisotopic (exact) mass is 507 g/mol. The Bertz CT molecular complexity index is 1060. The van der Waals surface area contributed by atoms with Crippen LogP contribution in [0.25, 0.3) is 6.08 Å². The highest BCUT2D eigenvalue weighted by molar-refractivity contribution is 6.40. The van der Waals surface area contributed by atoms with E-state index in [9.17, 15) is 28.8 Å². The number of rotatable bonds is 11. The van der Waals surface area contributed by atoms with Crippen LogP contribution in [0.5, 0.6) is 0 Å². The van der Waals surface area contributed by atoms with E-state index < -0.39 is 47.3 Å². The molecular weight excluding hydrogens is 481 g/mol. The van der Waals surface area contributed by atoms with Gasteiger partial charge < -0.3 is 26.9 Å². The van der Waals surface area contributed by atoms with Crippen molar-refractivity contribution in [1.29, 1.82) is 0 Å². The van der Waals surface area contributed by atoms with Gasteiger partial charge in [-0.15, -0.1) is 0 Å². The first-order valence-corrected chi connectivity index (χ1v) is 11.6. The summed E-state index contributed by atoms with van der Waals surface area (Å²) in [7, 11) is 0. The van der Waals surface area contributed by atoms with Crippen LogP contribution in [0.4, 0.5) is 4.39 Å². The van der Waals surface area contributed by atoms with E-state index in [0.717, 1.165) is 25.0 Å². The Labute approximate surface area is 206 Å². The van der Waals surface area contributed by atoms with E-state index in [4.69, 9.17) is 17.3 Å². The zero-order valence-corrected chi connectivity index (χ0v) is 19.6. The molecule has 3 atom stereocenters. The van der Waals surface area contributed by atoms with Gasteiger partial charge in [0, 0.05) is 29.1 Å². The highest BCUT2D eigenvalue weighted by Gasteiger charge is 2.35. The van der Waals surface area contributed by atoms with Crippen LogP contribution in [0, 0.1) is 17.7 Å². The maximum atomic E-state index is 14.0. The van der Waals surface area contributed by atoms with Gasteiger partial charge in [0.05, 0.1) is 6.04 Å². The molecule has 3 rings (SSSR count). The topological polar surface area (TPSA) is 163 Å². The quantitative estimate of drug-likeness (QED) is 0.131. The van der Waals surface area contributed by atoms with Crippen LogP contribution in [0.3, 0.4) is 0 Å². The summed E-state index contributed by atoms with van der Waals surface area (Å²) in [4.78, 5) is 49.4. The zero-order chi connectivity index (χ0) is 25.5. The summed E-state index contributed by atoms with van der Waals surface area (Å²) < 4.78 is 14.0. The molecule has 1 saturated heterocycles. The number of benzene rings is 1. The largest absolute Gasteiger partial charge is 0.410 e. The molecule has 0 radical (unpaired) electrons. The van der Waals surface area contributed by atoms with E-state index in [0.29, 0.717) is 19.4 Å². The molecule has 2 fully saturated rings.